The molecule has 0 aromatic heterocycles. The zero-order valence-electron chi connectivity index (χ0n) is 11.8. The van der Waals surface area contributed by atoms with Gasteiger partial charge in [0.15, 0.2) is 0 Å². The molecular formula is C15H23NO2. The van der Waals surface area contributed by atoms with Crippen LogP contribution in [-0.4, -0.2) is 16.3 Å². The standard InChI is InChI=1S/C15H23NO2/c1-9(11-8-10(17)6-7-12(11)18)16-13-14(2,3)15(13,4)5/h6-9,13,16-18H,1-5H3. The summed E-state index contributed by atoms with van der Waals surface area (Å²) in [6.07, 6.45) is 0. The molecule has 3 heteroatoms. The molecule has 1 unspecified atom stereocenters. The number of benzene rings is 1. The Labute approximate surface area is 109 Å². The summed E-state index contributed by atoms with van der Waals surface area (Å²) in [7, 11) is 0. The molecule has 100 valence electrons. The molecule has 0 radical (unpaired) electrons. The van der Waals surface area contributed by atoms with E-state index in [0.717, 1.165) is 5.56 Å². The molecule has 0 saturated heterocycles. The van der Waals surface area contributed by atoms with Crippen LogP contribution in [0.4, 0.5) is 0 Å². The Balaban J connectivity index is 2.14. The summed E-state index contributed by atoms with van der Waals surface area (Å²) >= 11 is 0. The summed E-state index contributed by atoms with van der Waals surface area (Å²) in [5, 5.41) is 22.9. The summed E-state index contributed by atoms with van der Waals surface area (Å²) in [6.45, 7) is 11.0. The van der Waals surface area contributed by atoms with Gasteiger partial charge in [-0.15, -0.1) is 0 Å². The molecule has 3 nitrogen and oxygen atoms in total. The molecule has 1 aromatic carbocycles. The number of hydrogen-bond acceptors (Lipinski definition) is 3. The minimum absolute atomic E-state index is 0.0168. The first-order valence-electron chi connectivity index (χ1n) is 6.46. The molecule has 0 spiro atoms. The molecule has 0 heterocycles. The summed E-state index contributed by atoms with van der Waals surface area (Å²) in [5.41, 5.74) is 1.26. The van der Waals surface area contributed by atoms with Gasteiger partial charge in [0, 0.05) is 17.6 Å². The predicted octanol–water partition coefficient (Wildman–Crippen LogP) is 3.18. The van der Waals surface area contributed by atoms with E-state index >= 15 is 0 Å². The fourth-order valence-electron chi connectivity index (χ4n) is 2.84. The van der Waals surface area contributed by atoms with Gasteiger partial charge < -0.3 is 15.5 Å². The van der Waals surface area contributed by atoms with E-state index in [1.54, 1.807) is 6.07 Å². The molecule has 3 N–H and O–H groups in total. The van der Waals surface area contributed by atoms with Crippen molar-refractivity contribution in [2.75, 3.05) is 0 Å². The van der Waals surface area contributed by atoms with Crippen molar-refractivity contribution in [3.63, 3.8) is 0 Å². The summed E-state index contributed by atoms with van der Waals surface area (Å²) in [4.78, 5) is 0. The Morgan fingerprint density at radius 3 is 2.17 bits per heavy atom. The number of nitrogens with one attached hydrogen (secondary N) is 1. The fraction of sp³-hybridized carbons (Fsp3) is 0.600. The predicted molar refractivity (Wildman–Crippen MR) is 72.7 cm³/mol. The highest BCUT2D eigenvalue weighted by Crippen LogP contribution is 2.63. The van der Waals surface area contributed by atoms with Crippen molar-refractivity contribution >= 4 is 0 Å². The van der Waals surface area contributed by atoms with Gasteiger partial charge in [0.05, 0.1) is 0 Å². The van der Waals surface area contributed by atoms with Crippen LogP contribution in [0.5, 0.6) is 11.5 Å². The van der Waals surface area contributed by atoms with Gasteiger partial charge in [0.1, 0.15) is 11.5 Å². The van der Waals surface area contributed by atoms with Gasteiger partial charge >= 0.3 is 0 Å². The van der Waals surface area contributed by atoms with Crippen molar-refractivity contribution in [2.45, 2.75) is 46.7 Å². The van der Waals surface area contributed by atoms with E-state index in [1.165, 1.54) is 12.1 Å². The van der Waals surface area contributed by atoms with Crippen molar-refractivity contribution < 1.29 is 10.2 Å². The van der Waals surface area contributed by atoms with Crippen LogP contribution >= 0.6 is 0 Å². The molecule has 1 saturated carbocycles. The fourth-order valence-corrected chi connectivity index (χ4v) is 2.84. The molecule has 0 bridgehead atoms. The Morgan fingerprint density at radius 1 is 1.11 bits per heavy atom. The van der Waals surface area contributed by atoms with E-state index in [2.05, 4.69) is 33.0 Å². The molecule has 1 fully saturated rings. The first-order chi connectivity index (χ1) is 8.18. The van der Waals surface area contributed by atoms with Crippen LogP contribution in [0.25, 0.3) is 0 Å². The van der Waals surface area contributed by atoms with Crippen molar-refractivity contribution in [1.29, 1.82) is 0 Å². The van der Waals surface area contributed by atoms with Gasteiger partial charge in [-0.25, -0.2) is 0 Å². The van der Waals surface area contributed by atoms with Crippen molar-refractivity contribution in [1.82, 2.24) is 5.32 Å². The minimum Gasteiger partial charge on any atom is -0.508 e. The lowest BCUT2D eigenvalue weighted by Gasteiger charge is -2.17. The highest BCUT2D eigenvalue weighted by atomic mass is 16.3. The largest absolute Gasteiger partial charge is 0.508 e. The van der Waals surface area contributed by atoms with E-state index in [0.29, 0.717) is 6.04 Å². The average molecular weight is 249 g/mol. The van der Waals surface area contributed by atoms with Gasteiger partial charge in [-0.2, -0.15) is 0 Å². The first-order valence-corrected chi connectivity index (χ1v) is 6.46. The van der Waals surface area contributed by atoms with Crippen LogP contribution in [0.1, 0.15) is 46.2 Å². The quantitative estimate of drug-likeness (QED) is 0.721. The van der Waals surface area contributed by atoms with E-state index in [1.807, 2.05) is 6.92 Å². The average Bonchev–Trinajstić information content (AvgIpc) is 2.64. The molecule has 1 atom stereocenters. The molecule has 0 aliphatic heterocycles. The van der Waals surface area contributed by atoms with E-state index in [9.17, 15) is 10.2 Å². The lowest BCUT2D eigenvalue weighted by molar-refractivity contribution is 0.431. The number of phenolic OH excluding ortho intramolecular Hbond substituents is 2. The van der Waals surface area contributed by atoms with Crippen LogP contribution in [0.3, 0.4) is 0 Å². The maximum absolute atomic E-state index is 9.85. The maximum atomic E-state index is 9.85. The smallest absolute Gasteiger partial charge is 0.120 e. The summed E-state index contributed by atoms with van der Waals surface area (Å²) < 4.78 is 0. The number of phenols is 2. The van der Waals surface area contributed by atoms with Crippen LogP contribution < -0.4 is 5.32 Å². The molecule has 0 amide bonds. The molecule has 18 heavy (non-hydrogen) atoms. The Kier molecular flexibility index (Phi) is 2.85. The molecular weight excluding hydrogens is 226 g/mol. The highest BCUT2D eigenvalue weighted by molar-refractivity contribution is 5.40. The molecule has 1 aromatic rings. The Morgan fingerprint density at radius 2 is 1.67 bits per heavy atom. The van der Waals surface area contributed by atoms with Crippen molar-refractivity contribution in [2.24, 2.45) is 10.8 Å². The summed E-state index contributed by atoms with van der Waals surface area (Å²) in [6, 6.07) is 5.09. The third kappa shape index (κ3) is 1.87. The van der Waals surface area contributed by atoms with Crippen LogP contribution in [0, 0.1) is 10.8 Å². The van der Waals surface area contributed by atoms with Crippen LogP contribution in [0.15, 0.2) is 18.2 Å². The van der Waals surface area contributed by atoms with Crippen molar-refractivity contribution in [3.8, 4) is 11.5 Å². The monoisotopic (exact) mass is 249 g/mol. The van der Waals surface area contributed by atoms with E-state index in [4.69, 9.17) is 0 Å². The second-order valence-corrected chi connectivity index (χ2v) is 6.51. The third-order valence-corrected chi connectivity index (χ3v) is 4.92. The van der Waals surface area contributed by atoms with Gasteiger partial charge in [-0.1, -0.05) is 27.7 Å². The van der Waals surface area contributed by atoms with E-state index in [-0.39, 0.29) is 28.4 Å². The van der Waals surface area contributed by atoms with Crippen LogP contribution in [-0.2, 0) is 0 Å². The zero-order chi connectivity index (χ0) is 13.7. The number of aromatic hydroxyl groups is 2. The topological polar surface area (TPSA) is 52.5 Å². The Hall–Kier alpha value is -1.22. The highest BCUT2D eigenvalue weighted by Gasteiger charge is 2.64. The maximum Gasteiger partial charge on any atom is 0.120 e. The lowest BCUT2D eigenvalue weighted by Crippen LogP contribution is -2.25. The van der Waals surface area contributed by atoms with Crippen molar-refractivity contribution in [3.05, 3.63) is 23.8 Å². The van der Waals surface area contributed by atoms with Gasteiger partial charge in [-0.05, 0) is 36.0 Å². The van der Waals surface area contributed by atoms with Crippen LogP contribution in [0.2, 0.25) is 0 Å². The Bertz CT molecular complexity index is 452. The van der Waals surface area contributed by atoms with E-state index < -0.39 is 0 Å². The van der Waals surface area contributed by atoms with Gasteiger partial charge in [0.25, 0.3) is 0 Å². The SMILES string of the molecule is CC(NC1C(C)(C)C1(C)C)c1cc(O)ccc1O. The normalized spacial score (nSPS) is 22.7. The second-order valence-electron chi connectivity index (χ2n) is 6.51. The minimum atomic E-state index is 0.0168. The number of rotatable bonds is 3. The molecule has 1 aliphatic carbocycles. The lowest BCUT2D eigenvalue weighted by atomic mass is 10.0. The summed E-state index contributed by atoms with van der Waals surface area (Å²) in [5.74, 6) is 0.412. The molecule has 2 rings (SSSR count). The third-order valence-electron chi connectivity index (χ3n) is 4.92. The molecule has 1 aliphatic rings. The number of hydrogen-bond donors (Lipinski definition) is 3. The first kappa shape index (κ1) is 13.2. The zero-order valence-corrected chi connectivity index (χ0v) is 11.8. The van der Waals surface area contributed by atoms with Gasteiger partial charge in [0.2, 0.25) is 0 Å². The second kappa shape index (κ2) is 3.89. The van der Waals surface area contributed by atoms with Gasteiger partial charge in [-0.3, -0.25) is 0 Å².